The number of nitrogens with zero attached hydrogens (tertiary/aromatic N) is 2. The van der Waals surface area contributed by atoms with Crippen molar-refractivity contribution in [3.63, 3.8) is 0 Å². The summed E-state index contributed by atoms with van der Waals surface area (Å²) in [6.45, 7) is 5.91. The van der Waals surface area contributed by atoms with Crippen molar-refractivity contribution in [2.24, 2.45) is 0 Å². The minimum absolute atomic E-state index is 0.0234. The number of hydrogen-bond acceptors (Lipinski definition) is 5. The van der Waals surface area contributed by atoms with E-state index >= 15 is 0 Å². The summed E-state index contributed by atoms with van der Waals surface area (Å²) in [5, 5.41) is 20.7. The first-order chi connectivity index (χ1) is 12.0. The molecule has 1 fully saturated rings. The average Bonchev–Trinajstić information content (AvgIpc) is 2.61. The highest BCUT2D eigenvalue weighted by Gasteiger charge is 2.27. The first-order valence-corrected chi connectivity index (χ1v) is 8.82. The number of nitro groups is 1. The molecule has 0 aromatic heterocycles. The lowest BCUT2D eigenvalue weighted by Crippen LogP contribution is -2.39. The number of carbonyl (C=O) groups is 1. The summed E-state index contributed by atoms with van der Waals surface area (Å²) in [4.78, 5) is 24.4. The fourth-order valence-corrected chi connectivity index (χ4v) is 3.51. The Morgan fingerprint density at radius 2 is 2.08 bits per heavy atom. The van der Waals surface area contributed by atoms with Crippen molar-refractivity contribution < 1.29 is 19.6 Å². The molecule has 1 atom stereocenters. The quantitative estimate of drug-likeness (QED) is 0.569. The van der Waals surface area contributed by atoms with E-state index in [0.29, 0.717) is 37.4 Å². The number of carboxylic acids is 1. The lowest BCUT2D eigenvalue weighted by molar-refractivity contribution is -0.384. The number of ether oxygens (including phenoxy) is 1. The van der Waals surface area contributed by atoms with Gasteiger partial charge in [0.05, 0.1) is 11.3 Å². The van der Waals surface area contributed by atoms with Gasteiger partial charge in [0.15, 0.2) is 0 Å². The summed E-state index contributed by atoms with van der Waals surface area (Å²) in [6, 6.07) is 5.39. The maximum Gasteiger partial charge on any atom is 0.303 e. The van der Waals surface area contributed by atoms with Crippen LogP contribution in [-0.4, -0.2) is 41.8 Å². The summed E-state index contributed by atoms with van der Waals surface area (Å²) >= 11 is 0. The van der Waals surface area contributed by atoms with Crippen LogP contribution in [0, 0.1) is 10.1 Å². The molecule has 0 bridgehead atoms. The molecule has 7 nitrogen and oxygen atoms in total. The van der Waals surface area contributed by atoms with E-state index < -0.39 is 5.97 Å². The first kappa shape index (κ1) is 19.2. The van der Waals surface area contributed by atoms with Crippen molar-refractivity contribution in [2.45, 2.75) is 51.5 Å². The van der Waals surface area contributed by atoms with Gasteiger partial charge in [0.1, 0.15) is 5.69 Å². The number of anilines is 1. The minimum atomic E-state index is -0.893. The molecule has 2 rings (SSSR count). The lowest BCUT2D eigenvalue weighted by atomic mass is 9.92. The average molecular weight is 350 g/mol. The lowest BCUT2D eigenvalue weighted by Gasteiger charge is -2.35. The summed E-state index contributed by atoms with van der Waals surface area (Å²) < 4.78 is 5.39. The van der Waals surface area contributed by atoms with Crippen LogP contribution in [0.15, 0.2) is 18.2 Å². The second-order valence-corrected chi connectivity index (χ2v) is 6.34. The second-order valence-electron chi connectivity index (χ2n) is 6.34. The number of carboxylic acid groups (broad SMARTS) is 1. The van der Waals surface area contributed by atoms with E-state index in [2.05, 4.69) is 4.90 Å². The molecule has 1 aliphatic rings. The zero-order valence-corrected chi connectivity index (χ0v) is 14.8. The van der Waals surface area contributed by atoms with Crippen LogP contribution in [0.25, 0.3) is 0 Å². The zero-order valence-electron chi connectivity index (χ0n) is 14.8. The SMILES string of the molecule is CC[C@@H](CC(=O)O)c1ccc(N(CC)C2CCOCC2)c([N+](=O)[O-])c1. The van der Waals surface area contributed by atoms with Crippen LogP contribution in [0.1, 0.15) is 51.0 Å². The molecule has 25 heavy (non-hydrogen) atoms. The van der Waals surface area contributed by atoms with Gasteiger partial charge < -0.3 is 14.7 Å². The topological polar surface area (TPSA) is 92.9 Å². The molecular formula is C18H26N2O5. The van der Waals surface area contributed by atoms with Crippen LogP contribution < -0.4 is 4.90 Å². The van der Waals surface area contributed by atoms with Crippen LogP contribution in [0.3, 0.4) is 0 Å². The molecule has 138 valence electrons. The molecule has 1 aliphatic heterocycles. The molecule has 0 radical (unpaired) electrons. The van der Waals surface area contributed by atoms with Crippen LogP contribution >= 0.6 is 0 Å². The normalized spacial score (nSPS) is 16.4. The third-order valence-corrected chi connectivity index (χ3v) is 4.86. The van der Waals surface area contributed by atoms with Crippen molar-refractivity contribution in [2.75, 3.05) is 24.7 Å². The predicted molar refractivity (Wildman–Crippen MR) is 95.2 cm³/mol. The Morgan fingerprint density at radius 3 is 2.60 bits per heavy atom. The van der Waals surface area contributed by atoms with E-state index in [1.54, 1.807) is 12.1 Å². The fourth-order valence-electron chi connectivity index (χ4n) is 3.51. The van der Waals surface area contributed by atoms with Crippen molar-refractivity contribution >= 4 is 17.3 Å². The molecular weight excluding hydrogens is 324 g/mol. The summed E-state index contributed by atoms with van der Waals surface area (Å²) in [5.74, 6) is -1.11. The summed E-state index contributed by atoms with van der Waals surface area (Å²) in [6.07, 6.45) is 2.30. The molecule has 1 aromatic carbocycles. The molecule has 1 N–H and O–H groups in total. The van der Waals surface area contributed by atoms with Gasteiger partial charge >= 0.3 is 5.97 Å². The molecule has 7 heteroatoms. The Morgan fingerprint density at radius 1 is 1.40 bits per heavy atom. The highest BCUT2D eigenvalue weighted by molar-refractivity contribution is 5.69. The van der Waals surface area contributed by atoms with Gasteiger partial charge in [0.2, 0.25) is 0 Å². The molecule has 0 aliphatic carbocycles. The predicted octanol–water partition coefficient (Wildman–Crippen LogP) is 3.57. The summed E-state index contributed by atoms with van der Waals surface area (Å²) in [5.41, 5.74) is 1.37. The maximum absolute atomic E-state index is 11.6. The standard InChI is InChI=1S/C18H26N2O5/c1-3-13(12-18(21)22)14-5-6-16(17(11-14)20(23)24)19(4-2)15-7-9-25-10-8-15/h5-6,11,13,15H,3-4,7-10,12H2,1-2H3,(H,21,22)/t13-/m0/s1. The second kappa shape index (κ2) is 8.80. The molecule has 1 aromatic rings. The minimum Gasteiger partial charge on any atom is -0.481 e. The van der Waals surface area contributed by atoms with Crippen molar-refractivity contribution in [3.8, 4) is 0 Å². The molecule has 0 saturated carbocycles. The highest BCUT2D eigenvalue weighted by Crippen LogP contribution is 2.35. The van der Waals surface area contributed by atoms with Gasteiger partial charge in [0, 0.05) is 31.9 Å². The van der Waals surface area contributed by atoms with E-state index in [0.717, 1.165) is 12.8 Å². The zero-order chi connectivity index (χ0) is 18.4. The number of hydrogen-bond donors (Lipinski definition) is 1. The molecule has 0 spiro atoms. The largest absolute Gasteiger partial charge is 0.481 e. The number of nitro benzene ring substituents is 1. The third kappa shape index (κ3) is 4.69. The Bertz CT molecular complexity index is 613. The Labute approximate surface area is 147 Å². The Kier molecular flexibility index (Phi) is 6.75. The maximum atomic E-state index is 11.6. The van der Waals surface area contributed by atoms with Gasteiger partial charge in [-0.2, -0.15) is 0 Å². The van der Waals surface area contributed by atoms with Gasteiger partial charge in [-0.3, -0.25) is 14.9 Å². The first-order valence-electron chi connectivity index (χ1n) is 8.82. The Hall–Kier alpha value is -2.15. The van der Waals surface area contributed by atoms with Crippen LogP contribution in [0.4, 0.5) is 11.4 Å². The van der Waals surface area contributed by atoms with E-state index in [1.807, 2.05) is 19.9 Å². The van der Waals surface area contributed by atoms with Gasteiger partial charge in [0.25, 0.3) is 5.69 Å². The van der Waals surface area contributed by atoms with E-state index in [-0.39, 0.29) is 29.0 Å². The number of benzene rings is 1. The smallest absolute Gasteiger partial charge is 0.303 e. The van der Waals surface area contributed by atoms with E-state index in [1.165, 1.54) is 0 Å². The molecule has 1 heterocycles. The van der Waals surface area contributed by atoms with Gasteiger partial charge in [-0.25, -0.2) is 0 Å². The fraction of sp³-hybridized carbons (Fsp3) is 0.611. The van der Waals surface area contributed by atoms with Crippen LogP contribution in [0.5, 0.6) is 0 Å². The molecule has 0 unspecified atom stereocenters. The van der Waals surface area contributed by atoms with Gasteiger partial charge in [-0.1, -0.05) is 13.0 Å². The van der Waals surface area contributed by atoms with E-state index in [4.69, 9.17) is 9.84 Å². The van der Waals surface area contributed by atoms with Crippen molar-refractivity contribution in [1.82, 2.24) is 0 Å². The highest BCUT2D eigenvalue weighted by atomic mass is 16.6. The summed E-state index contributed by atoms with van der Waals surface area (Å²) in [7, 11) is 0. The van der Waals surface area contributed by atoms with Crippen molar-refractivity contribution in [3.05, 3.63) is 33.9 Å². The molecule has 0 amide bonds. The third-order valence-electron chi connectivity index (χ3n) is 4.86. The van der Waals surface area contributed by atoms with E-state index in [9.17, 15) is 14.9 Å². The van der Waals surface area contributed by atoms with Crippen LogP contribution in [-0.2, 0) is 9.53 Å². The molecule has 1 saturated heterocycles. The van der Waals surface area contributed by atoms with Crippen molar-refractivity contribution in [1.29, 1.82) is 0 Å². The van der Waals surface area contributed by atoms with Crippen LogP contribution in [0.2, 0.25) is 0 Å². The van der Waals surface area contributed by atoms with Gasteiger partial charge in [-0.15, -0.1) is 0 Å². The monoisotopic (exact) mass is 350 g/mol. The number of rotatable bonds is 8. The number of aliphatic carboxylic acids is 1. The van der Waals surface area contributed by atoms with Gasteiger partial charge in [-0.05, 0) is 43.7 Å². The Balaban J connectivity index is 2.37.